The number of nitrogens with zero attached hydrogens (tertiary/aromatic N) is 1. The van der Waals surface area contributed by atoms with Crippen LogP contribution in [0.15, 0.2) is 72.9 Å². The lowest BCUT2D eigenvalue weighted by molar-refractivity contribution is -0.870. The summed E-state index contributed by atoms with van der Waals surface area (Å²) in [6, 6.07) is 0. The van der Waals surface area contributed by atoms with Crippen molar-refractivity contribution in [1.82, 2.24) is 0 Å². The highest BCUT2D eigenvalue weighted by Crippen LogP contribution is 2.43. The van der Waals surface area contributed by atoms with Gasteiger partial charge in [-0.1, -0.05) is 157 Å². The van der Waals surface area contributed by atoms with Crippen molar-refractivity contribution in [2.45, 2.75) is 174 Å². The van der Waals surface area contributed by atoms with Crippen LogP contribution in [0.1, 0.15) is 168 Å². The molecular formula is C48H85NO8P+. The third-order valence-corrected chi connectivity index (χ3v) is 10.2. The molecule has 2 atom stereocenters. The predicted octanol–water partition coefficient (Wildman–Crippen LogP) is 13.0. The highest BCUT2D eigenvalue weighted by atomic mass is 31.2. The van der Waals surface area contributed by atoms with Gasteiger partial charge in [-0.3, -0.25) is 18.6 Å². The van der Waals surface area contributed by atoms with Gasteiger partial charge < -0.3 is 18.9 Å². The van der Waals surface area contributed by atoms with Crippen LogP contribution < -0.4 is 0 Å². The van der Waals surface area contributed by atoms with Crippen LogP contribution in [0.2, 0.25) is 0 Å². The standard InChI is InChI=1S/C48H84NO8P/c1-6-8-10-12-14-16-18-20-22-23-24-25-27-28-30-32-34-36-38-40-47(50)54-44-46(45-56-58(52,53)55-43-42-49(3,4)5)57-48(51)41-39-37-35-33-31-29-26-21-19-17-15-13-11-9-7-2/h8,10,14,16,20,22,24-25,28,30,35,37,46H,6-7,9,11-13,15,17-19,21,23,26-27,29,31-34,36,38-45H2,1-5H3/p+1/b10-8+,16-14+,22-20+,25-24+,30-28+,37-35+/t46-/m1/s1. The van der Waals surface area contributed by atoms with Gasteiger partial charge in [-0.2, -0.15) is 0 Å². The van der Waals surface area contributed by atoms with Gasteiger partial charge in [-0.15, -0.1) is 0 Å². The molecule has 0 aliphatic carbocycles. The fourth-order valence-corrected chi connectivity index (χ4v) is 6.45. The van der Waals surface area contributed by atoms with E-state index in [1.807, 2.05) is 27.2 Å². The summed E-state index contributed by atoms with van der Waals surface area (Å²) in [5.74, 6) is -0.898. The van der Waals surface area contributed by atoms with E-state index in [2.05, 4.69) is 80.7 Å². The molecule has 0 spiro atoms. The number of carbonyl (C=O) groups excluding carboxylic acids is 2. The molecule has 0 amide bonds. The number of hydrogen-bond donors (Lipinski definition) is 1. The molecule has 0 fully saturated rings. The Morgan fingerprint density at radius 3 is 1.55 bits per heavy atom. The Bertz CT molecular complexity index is 1220. The molecule has 0 aromatic carbocycles. The zero-order valence-electron chi connectivity index (χ0n) is 37.5. The van der Waals surface area contributed by atoms with E-state index in [9.17, 15) is 19.0 Å². The van der Waals surface area contributed by atoms with E-state index >= 15 is 0 Å². The molecule has 9 nitrogen and oxygen atoms in total. The normalized spacial score (nSPS) is 14.2. The SMILES string of the molecule is CC/C=C/C/C=C/C/C=C/C/C=C/C/C=C/CCCCCC(=O)OC[C@H](COP(=O)(O)OCC[N+](C)(C)C)OC(=O)CC/C=C/CCCCCCCCCCCCC. The number of quaternary nitrogens is 1. The van der Waals surface area contributed by atoms with E-state index < -0.39 is 32.5 Å². The maximum absolute atomic E-state index is 12.7. The molecular weight excluding hydrogens is 750 g/mol. The van der Waals surface area contributed by atoms with Crippen LogP contribution in [0.5, 0.6) is 0 Å². The summed E-state index contributed by atoms with van der Waals surface area (Å²) in [6.45, 7) is 4.22. The summed E-state index contributed by atoms with van der Waals surface area (Å²) in [7, 11) is 1.43. The lowest BCUT2D eigenvalue weighted by Gasteiger charge is -2.24. The molecule has 1 unspecified atom stereocenters. The van der Waals surface area contributed by atoms with Crippen LogP contribution in [0, 0.1) is 0 Å². The second-order valence-electron chi connectivity index (χ2n) is 16.0. The number of allylic oxidation sites excluding steroid dienone is 12. The third kappa shape index (κ3) is 43.0. The van der Waals surface area contributed by atoms with Crippen molar-refractivity contribution in [1.29, 1.82) is 0 Å². The van der Waals surface area contributed by atoms with Crippen LogP contribution in [0.25, 0.3) is 0 Å². The summed E-state index contributed by atoms with van der Waals surface area (Å²) in [5, 5.41) is 0. The second-order valence-corrected chi connectivity index (χ2v) is 17.5. The van der Waals surface area contributed by atoms with Gasteiger partial charge in [0.1, 0.15) is 19.8 Å². The first-order valence-electron chi connectivity index (χ1n) is 22.7. The van der Waals surface area contributed by atoms with Crippen LogP contribution in [-0.2, 0) is 32.7 Å². The summed E-state index contributed by atoms with van der Waals surface area (Å²) < 4.78 is 34.2. The molecule has 0 radical (unpaired) electrons. The van der Waals surface area contributed by atoms with Gasteiger partial charge in [0, 0.05) is 12.8 Å². The molecule has 0 rings (SSSR count). The fourth-order valence-electron chi connectivity index (χ4n) is 5.70. The Labute approximate surface area is 355 Å². The Balaban J connectivity index is 4.45. The van der Waals surface area contributed by atoms with Crippen LogP contribution in [0.4, 0.5) is 0 Å². The topological polar surface area (TPSA) is 108 Å². The van der Waals surface area contributed by atoms with E-state index in [-0.39, 0.29) is 26.1 Å². The molecule has 0 aromatic heterocycles. The minimum atomic E-state index is -4.40. The summed E-state index contributed by atoms with van der Waals surface area (Å²) in [4.78, 5) is 35.4. The minimum absolute atomic E-state index is 0.0172. The molecule has 0 aliphatic rings. The fraction of sp³-hybridized carbons (Fsp3) is 0.708. The highest BCUT2D eigenvalue weighted by Gasteiger charge is 2.27. The number of likely N-dealkylation sites (N-methyl/N-ethyl adjacent to an activating group) is 1. The maximum Gasteiger partial charge on any atom is 0.472 e. The minimum Gasteiger partial charge on any atom is -0.462 e. The number of phosphoric acid groups is 1. The van der Waals surface area contributed by atoms with Crippen LogP contribution >= 0.6 is 7.82 Å². The van der Waals surface area contributed by atoms with Crippen molar-refractivity contribution < 1.29 is 42.1 Å². The second kappa shape index (κ2) is 39.9. The smallest absolute Gasteiger partial charge is 0.462 e. The third-order valence-electron chi connectivity index (χ3n) is 9.23. The van der Waals surface area contributed by atoms with Crippen LogP contribution in [-0.4, -0.2) is 74.9 Å². The number of rotatable bonds is 40. The lowest BCUT2D eigenvalue weighted by Crippen LogP contribution is -2.37. The molecule has 1 N–H and O–H groups in total. The van der Waals surface area contributed by atoms with Gasteiger partial charge in [0.15, 0.2) is 6.10 Å². The largest absolute Gasteiger partial charge is 0.472 e. The summed E-state index contributed by atoms with van der Waals surface area (Å²) >= 11 is 0. The highest BCUT2D eigenvalue weighted by molar-refractivity contribution is 7.47. The summed E-state index contributed by atoms with van der Waals surface area (Å²) in [6.07, 6.45) is 49.6. The number of hydrogen-bond acceptors (Lipinski definition) is 7. The quantitative estimate of drug-likeness (QED) is 0.0214. The van der Waals surface area contributed by atoms with Crippen molar-refractivity contribution in [2.24, 2.45) is 0 Å². The monoisotopic (exact) mass is 835 g/mol. The molecule has 0 aromatic rings. The van der Waals surface area contributed by atoms with Crippen molar-refractivity contribution in [2.75, 3.05) is 47.5 Å². The number of phosphoric ester groups is 1. The molecule has 0 heterocycles. The Kier molecular flexibility index (Phi) is 38.1. The van der Waals surface area contributed by atoms with E-state index in [0.29, 0.717) is 23.9 Å². The zero-order valence-corrected chi connectivity index (χ0v) is 38.4. The molecule has 10 heteroatoms. The number of carbonyl (C=O) groups is 2. The van der Waals surface area contributed by atoms with Crippen LogP contribution in [0.3, 0.4) is 0 Å². The van der Waals surface area contributed by atoms with Crippen molar-refractivity contribution >= 4 is 19.8 Å². The van der Waals surface area contributed by atoms with E-state index in [1.165, 1.54) is 64.2 Å². The predicted molar refractivity (Wildman–Crippen MR) is 242 cm³/mol. The van der Waals surface area contributed by atoms with Gasteiger partial charge in [0.25, 0.3) is 0 Å². The molecule has 334 valence electrons. The van der Waals surface area contributed by atoms with E-state index in [4.69, 9.17) is 18.5 Å². The molecule has 0 saturated heterocycles. The maximum atomic E-state index is 12.7. The average molecular weight is 835 g/mol. The van der Waals surface area contributed by atoms with E-state index in [1.54, 1.807) is 0 Å². The Hall–Kier alpha value is -2.55. The van der Waals surface area contributed by atoms with Gasteiger partial charge in [-0.25, -0.2) is 4.57 Å². The van der Waals surface area contributed by atoms with Gasteiger partial charge in [0.2, 0.25) is 0 Å². The Morgan fingerprint density at radius 2 is 1.02 bits per heavy atom. The first kappa shape index (κ1) is 55.5. The first-order chi connectivity index (χ1) is 28.0. The lowest BCUT2D eigenvalue weighted by atomic mass is 10.1. The van der Waals surface area contributed by atoms with Crippen molar-refractivity contribution in [3.63, 3.8) is 0 Å². The average Bonchev–Trinajstić information content (AvgIpc) is 3.17. The molecule has 0 saturated carbocycles. The van der Waals surface area contributed by atoms with E-state index in [0.717, 1.165) is 64.2 Å². The number of unbranched alkanes of at least 4 members (excludes halogenated alkanes) is 14. The van der Waals surface area contributed by atoms with Crippen molar-refractivity contribution in [3.8, 4) is 0 Å². The molecule has 58 heavy (non-hydrogen) atoms. The van der Waals surface area contributed by atoms with Gasteiger partial charge >= 0.3 is 19.8 Å². The summed E-state index contributed by atoms with van der Waals surface area (Å²) in [5.41, 5.74) is 0. The Morgan fingerprint density at radius 1 is 0.552 bits per heavy atom. The first-order valence-corrected chi connectivity index (χ1v) is 24.2. The zero-order chi connectivity index (χ0) is 42.8. The number of esters is 2. The van der Waals surface area contributed by atoms with Gasteiger partial charge in [-0.05, 0) is 70.6 Å². The van der Waals surface area contributed by atoms with Crippen molar-refractivity contribution in [3.05, 3.63) is 72.9 Å². The molecule has 0 bridgehead atoms. The number of ether oxygens (including phenoxy) is 2. The molecule has 0 aliphatic heterocycles. The van der Waals surface area contributed by atoms with Gasteiger partial charge in [0.05, 0.1) is 27.7 Å².